The summed E-state index contributed by atoms with van der Waals surface area (Å²) in [6.45, 7) is 1.85. The fourth-order valence-electron chi connectivity index (χ4n) is 1.20. The Labute approximate surface area is 87.5 Å². The minimum atomic E-state index is -0.914. The molecule has 0 fully saturated rings. The first-order chi connectivity index (χ1) is 6.57. The first-order valence-electron chi connectivity index (χ1n) is 4.45. The van der Waals surface area contributed by atoms with Crippen molar-refractivity contribution in [2.24, 2.45) is 5.73 Å². The Balaban J connectivity index is 3.01. The SMILES string of the molecule is CC[C@H](N)[C@H](O)c1cccc(F)c1Cl. The molecular weight excluding hydrogens is 205 g/mol. The number of hydrogen-bond donors (Lipinski definition) is 2. The van der Waals surface area contributed by atoms with E-state index in [1.807, 2.05) is 6.92 Å². The van der Waals surface area contributed by atoms with Gasteiger partial charge in [0.1, 0.15) is 5.82 Å². The van der Waals surface area contributed by atoms with Crippen molar-refractivity contribution in [3.05, 3.63) is 34.6 Å². The molecule has 0 spiro atoms. The molecule has 2 nitrogen and oxygen atoms in total. The topological polar surface area (TPSA) is 46.2 Å². The number of benzene rings is 1. The zero-order chi connectivity index (χ0) is 10.7. The van der Waals surface area contributed by atoms with Crippen LogP contribution in [0.2, 0.25) is 5.02 Å². The van der Waals surface area contributed by atoms with Gasteiger partial charge in [0.05, 0.1) is 11.1 Å². The highest BCUT2D eigenvalue weighted by Crippen LogP contribution is 2.27. The summed E-state index contributed by atoms with van der Waals surface area (Å²) in [4.78, 5) is 0. The molecule has 0 heterocycles. The van der Waals surface area contributed by atoms with Gasteiger partial charge in [-0.05, 0) is 12.5 Å². The molecule has 1 rings (SSSR count). The van der Waals surface area contributed by atoms with Crippen molar-refractivity contribution < 1.29 is 9.50 Å². The van der Waals surface area contributed by atoms with Crippen LogP contribution in [0.4, 0.5) is 4.39 Å². The van der Waals surface area contributed by atoms with Gasteiger partial charge in [0.25, 0.3) is 0 Å². The molecular formula is C10H13ClFNO. The smallest absolute Gasteiger partial charge is 0.142 e. The molecule has 0 saturated carbocycles. The largest absolute Gasteiger partial charge is 0.387 e. The van der Waals surface area contributed by atoms with Crippen LogP contribution < -0.4 is 5.73 Å². The Bertz CT molecular complexity index is 319. The average Bonchev–Trinajstić information content (AvgIpc) is 2.20. The van der Waals surface area contributed by atoms with Crippen molar-refractivity contribution in [3.63, 3.8) is 0 Å². The summed E-state index contributed by atoms with van der Waals surface area (Å²) in [5.41, 5.74) is 5.98. The third-order valence-electron chi connectivity index (χ3n) is 2.18. The Morgan fingerprint density at radius 3 is 2.79 bits per heavy atom. The number of aliphatic hydroxyl groups excluding tert-OH is 1. The van der Waals surface area contributed by atoms with Gasteiger partial charge in [-0.2, -0.15) is 0 Å². The molecule has 0 saturated heterocycles. The Hall–Kier alpha value is -0.640. The average molecular weight is 218 g/mol. The van der Waals surface area contributed by atoms with E-state index in [4.69, 9.17) is 17.3 Å². The van der Waals surface area contributed by atoms with Crippen LogP contribution in [0.5, 0.6) is 0 Å². The van der Waals surface area contributed by atoms with Crippen molar-refractivity contribution in [1.82, 2.24) is 0 Å². The summed E-state index contributed by atoms with van der Waals surface area (Å²) in [7, 11) is 0. The number of rotatable bonds is 3. The van der Waals surface area contributed by atoms with E-state index in [-0.39, 0.29) is 5.02 Å². The summed E-state index contributed by atoms with van der Waals surface area (Å²) >= 11 is 5.70. The van der Waals surface area contributed by atoms with E-state index in [0.717, 1.165) is 0 Å². The third-order valence-corrected chi connectivity index (χ3v) is 2.58. The van der Waals surface area contributed by atoms with E-state index in [2.05, 4.69) is 0 Å². The van der Waals surface area contributed by atoms with Gasteiger partial charge < -0.3 is 10.8 Å². The molecule has 0 unspecified atom stereocenters. The molecule has 1 aromatic carbocycles. The highest BCUT2D eigenvalue weighted by atomic mass is 35.5. The van der Waals surface area contributed by atoms with Gasteiger partial charge in [0.15, 0.2) is 0 Å². The molecule has 3 N–H and O–H groups in total. The molecule has 1 aromatic rings. The first kappa shape index (κ1) is 11.4. The summed E-state index contributed by atoms with van der Waals surface area (Å²) in [5, 5.41) is 9.67. The maximum atomic E-state index is 13.0. The highest BCUT2D eigenvalue weighted by Gasteiger charge is 2.19. The maximum Gasteiger partial charge on any atom is 0.142 e. The van der Waals surface area contributed by atoms with E-state index >= 15 is 0 Å². The summed E-state index contributed by atoms with van der Waals surface area (Å²) in [5.74, 6) is -0.536. The first-order valence-corrected chi connectivity index (χ1v) is 4.83. The standard InChI is InChI=1S/C10H13ClFNO/c1-2-8(13)10(14)6-4-3-5-7(12)9(6)11/h3-5,8,10,14H,2,13H2,1H3/t8-,10+/m0/s1. The molecule has 0 aromatic heterocycles. The fourth-order valence-corrected chi connectivity index (χ4v) is 1.44. The number of nitrogens with two attached hydrogens (primary N) is 1. The Morgan fingerprint density at radius 1 is 1.57 bits per heavy atom. The van der Waals surface area contributed by atoms with E-state index in [1.165, 1.54) is 12.1 Å². The fraction of sp³-hybridized carbons (Fsp3) is 0.400. The van der Waals surface area contributed by atoms with Gasteiger partial charge in [0, 0.05) is 11.6 Å². The summed E-state index contributed by atoms with van der Waals surface area (Å²) in [6.07, 6.45) is -0.309. The molecule has 14 heavy (non-hydrogen) atoms. The van der Waals surface area contributed by atoms with Crippen LogP contribution >= 0.6 is 11.6 Å². The van der Waals surface area contributed by atoms with Crippen molar-refractivity contribution in [3.8, 4) is 0 Å². The van der Waals surface area contributed by atoms with Crippen LogP contribution in [-0.4, -0.2) is 11.1 Å². The second-order valence-corrected chi connectivity index (χ2v) is 3.54. The summed E-state index contributed by atoms with van der Waals surface area (Å²) < 4.78 is 13.0. The molecule has 0 amide bonds. The van der Waals surface area contributed by atoms with Crippen LogP contribution in [0.3, 0.4) is 0 Å². The van der Waals surface area contributed by atoms with Crippen LogP contribution in [0.15, 0.2) is 18.2 Å². The second kappa shape index (κ2) is 4.73. The van der Waals surface area contributed by atoms with Crippen molar-refractivity contribution in [2.45, 2.75) is 25.5 Å². The molecule has 0 aliphatic rings. The minimum Gasteiger partial charge on any atom is -0.387 e. The highest BCUT2D eigenvalue weighted by molar-refractivity contribution is 6.31. The Morgan fingerprint density at radius 2 is 2.21 bits per heavy atom. The third kappa shape index (κ3) is 2.23. The monoisotopic (exact) mass is 217 g/mol. The zero-order valence-electron chi connectivity index (χ0n) is 7.87. The lowest BCUT2D eigenvalue weighted by molar-refractivity contribution is 0.144. The van der Waals surface area contributed by atoms with Crippen LogP contribution in [0.1, 0.15) is 25.0 Å². The van der Waals surface area contributed by atoms with Gasteiger partial charge in [0.2, 0.25) is 0 Å². The van der Waals surface area contributed by atoms with Crippen LogP contribution in [-0.2, 0) is 0 Å². The lowest BCUT2D eigenvalue weighted by Gasteiger charge is -2.18. The van der Waals surface area contributed by atoms with Crippen molar-refractivity contribution in [2.75, 3.05) is 0 Å². The normalized spacial score (nSPS) is 15.2. The summed E-state index contributed by atoms with van der Waals surface area (Å²) in [6, 6.07) is 3.90. The molecule has 78 valence electrons. The predicted molar refractivity (Wildman–Crippen MR) is 54.6 cm³/mol. The van der Waals surface area contributed by atoms with Gasteiger partial charge in [-0.3, -0.25) is 0 Å². The van der Waals surface area contributed by atoms with Gasteiger partial charge in [-0.15, -0.1) is 0 Å². The Kier molecular flexibility index (Phi) is 3.86. The van der Waals surface area contributed by atoms with Crippen molar-refractivity contribution in [1.29, 1.82) is 0 Å². The number of hydrogen-bond acceptors (Lipinski definition) is 2. The lowest BCUT2D eigenvalue weighted by Crippen LogP contribution is -2.27. The van der Waals surface area contributed by atoms with Crippen molar-refractivity contribution >= 4 is 11.6 Å². The molecule has 4 heteroatoms. The number of halogens is 2. The quantitative estimate of drug-likeness (QED) is 0.816. The van der Waals surface area contributed by atoms with Crippen LogP contribution in [0, 0.1) is 5.82 Å². The van der Waals surface area contributed by atoms with E-state index in [1.54, 1.807) is 6.07 Å². The maximum absolute atomic E-state index is 13.0. The van der Waals surface area contributed by atoms with Gasteiger partial charge >= 0.3 is 0 Å². The van der Waals surface area contributed by atoms with Gasteiger partial charge in [-0.25, -0.2) is 4.39 Å². The molecule has 0 aliphatic heterocycles. The predicted octanol–water partition coefficient (Wildman–Crippen LogP) is 2.25. The second-order valence-electron chi connectivity index (χ2n) is 3.16. The van der Waals surface area contributed by atoms with Gasteiger partial charge in [-0.1, -0.05) is 30.7 Å². The molecule has 2 atom stereocenters. The van der Waals surface area contributed by atoms with Crippen LogP contribution in [0.25, 0.3) is 0 Å². The van der Waals surface area contributed by atoms with E-state index < -0.39 is 18.0 Å². The molecule has 0 aliphatic carbocycles. The number of aliphatic hydroxyl groups is 1. The molecule has 0 bridgehead atoms. The zero-order valence-corrected chi connectivity index (χ0v) is 8.63. The van der Waals surface area contributed by atoms with E-state index in [0.29, 0.717) is 12.0 Å². The molecule has 0 radical (unpaired) electrons. The lowest BCUT2D eigenvalue weighted by atomic mass is 10.0. The minimum absolute atomic E-state index is 0.0519. The van der Waals surface area contributed by atoms with E-state index in [9.17, 15) is 9.50 Å².